The number of aryl methyl sites for hydroxylation is 1. The van der Waals surface area contributed by atoms with Crippen molar-refractivity contribution in [1.29, 1.82) is 0 Å². The fourth-order valence-electron chi connectivity index (χ4n) is 5.62. The first-order valence-corrected chi connectivity index (χ1v) is 11.4. The second-order valence-corrected chi connectivity index (χ2v) is 9.41. The third kappa shape index (κ3) is 4.33. The largest absolute Gasteiger partial charge is 0.350 e. The molecule has 2 aromatic rings. The van der Waals surface area contributed by atoms with Crippen LogP contribution in [0.4, 0.5) is 4.39 Å². The van der Waals surface area contributed by atoms with E-state index in [0.29, 0.717) is 22.6 Å². The Morgan fingerprint density at radius 3 is 2.52 bits per heavy atom. The van der Waals surface area contributed by atoms with E-state index in [-0.39, 0.29) is 35.8 Å². The van der Waals surface area contributed by atoms with Crippen LogP contribution in [0, 0.1) is 12.7 Å². The second kappa shape index (κ2) is 8.61. The highest BCUT2D eigenvalue weighted by Gasteiger charge is 2.36. The first kappa shape index (κ1) is 21.8. The highest BCUT2D eigenvalue weighted by Crippen LogP contribution is 2.28. The van der Waals surface area contributed by atoms with Crippen LogP contribution in [0.1, 0.15) is 62.5 Å². The van der Waals surface area contributed by atoms with Crippen molar-refractivity contribution in [2.45, 2.75) is 77.5 Å². The molecule has 31 heavy (non-hydrogen) atoms. The SMILES string of the molecule is CC(=O)N1[C@H](C)CN([C@H]2CCC[C@@H](NC(=O)c3cc4c(F)ccc(C)c4[nH]3)C2)C[C@@H]1C. The minimum Gasteiger partial charge on any atom is -0.350 e. The molecule has 2 aliphatic rings. The number of nitrogens with one attached hydrogen (secondary N) is 2. The highest BCUT2D eigenvalue weighted by molar-refractivity contribution is 5.99. The number of hydrogen-bond acceptors (Lipinski definition) is 3. The van der Waals surface area contributed by atoms with E-state index in [1.807, 2.05) is 11.8 Å². The second-order valence-electron chi connectivity index (χ2n) is 9.41. The molecule has 2 fully saturated rings. The van der Waals surface area contributed by atoms with Crippen LogP contribution in [0.2, 0.25) is 0 Å². The summed E-state index contributed by atoms with van der Waals surface area (Å²) in [6.45, 7) is 9.52. The molecule has 7 heteroatoms. The monoisotopic (exact) mass is 428 g/mol. The maximum atomic E-state index is 14.1. The Morgan fingerprint density at radius 1 is 1.16 bits per heavy atom. The molecule has 2 N–H and O–H groups in total. The van der Waals surface area contributed by atoms with E-state index in [0.717, 1.165) is 44.3 Å². The molecule has 4 rings (SSSR count). The number of halogens is 1. The van der Waals surface area contributed by atoms with Crippen molar-refractivity contribution in [3.05, 3.63) is 35.3 Å². The number of rotatable bonds is 3. The van der Waals surface area contributed by atoms with Gasteiger partial charge >= 0.3 is 0 Å². The molecule has 1 aromatic carbocycles. The van der Waals surface area contributed by atoms with Crippen LogP contribution in [0.3, 0.4) is 0 Å². The summed E-state index contributed by atoms with van der Waals surface area (Å²) in [7, 11) is 0. The molecule has 1 aromatic heterocycles. The Labute approximate surface area is 183 Å². The van der Waals surface area contributed by atoms with Crippen molar-refractivity contribution in [2.75, 3.05) is 13.1 Å². The minimum atomic E-state index is -0.318. The lowest BCUT2D eigenvalue weighted by Crippen LogP contribution is -2.61. The molecule has 0 bridgehead atoms. The van der Waals surface area contributed by atoms with Gasteiger partial charge in [-0.15, -0.1) is 0 Å². The first-order chi connectivity index (χ1) is 14.7. The van der Waals surface area contributed by atoms with E-state index in [1.54, 1.807) is 19.1 Å². The lowest BCUT2D eigenvalue weighted by Gasteiger charge is -2.48. The summed E-state index contributed by atoms with van der Waals surface area (Å²) in [6.07, 6.45) is 4.03. The molecule has 168 valence electrons. The van der Waals surface area contributed by atoms with Gasteiger partial charge in [-0.2, -0.15) is 0 Å². The van der Waals surface area contributed by atoms with E-state index in [4.69, 9.17) is 0 Å². The fourth-order valence-corrected chi connectivity index (χ4v) is 5.62. The Morgan fingerprint density at radius 2 is 1.87 bits per heavy atom. The number of fused-ring (bicyclic) bond motifs is 1. The summed E-state index contributed by atoms with van der Waals surface area (Å²) in [5.74, 6) is -0.358. The van der Waals surface area contributed by atoms with Gasteiger partial charge in [-0.25, -0.2) is 4.39 Å². The maximum absolute atomic E-state index is 14.1. The smallest absolute Gasteiger partial charge is 0.267 e. The highest BCUT2D eigenvalue weighted by atomic mass is 19.1. The zero-order chi connectivity index (χ0) is 22.3. The maximum Gasteiger partial charge on any atom is 0.267 e. The number of nitrogens with zero attached hydrogens (tertiary/aromatic N) is 2. The van der Waals surface area contributed by atoms with Gasteiger partial charge < -0.3 is 15.2 Å². The molecule has 2 heterocycles. The van der Waals surface area contributed by atoms with Gasteiger partial charge in [0, 0.05) is 49.6 Å². The van der Waals surface area contributed by atoms with Gasteiger partial charge in [-0.1, -0.05) is 6.07 Å². The van der Waals surface area contributed by atoms with Gasteiger partial charge in [0.15, 0.2) is 0 Å². The lowest BCUT2D eigenvalue weighted by atomic mass is 9.88. The predicted octanol–water partition coefficient (Wildman–Crippen LogP) is 3.60. The molecule has 1 aliphatic carbocycles. The van der Waals surface area contributed by atoms with Crippen LogP contribution >= 0.6 is 0 Å². The molecule has 1 saturated heterocycles. The summed E-state index contributed by atoms with van der Waals surface area (Å²) in [5, 5.41) is 3.63. The van der Waals surface area contributed by atoms with Crippen molar-refractivity contribution in [3.8, 4) is 0 Å². The zero-order valence-corrected chi connectivity index (χ0v) is 18.9. The average Bonchev–Trinajstić information content (AvgIpc) is 3.17. The average molecular weight is 429 g/mol. The Bertz CT molecular complexity index is 936. The van der Waals surface area contributed by atoms with Crippen molar-refractivity contribution >= 4 is 22.7 Å². The third-order valence-electron chi connectivity index (χ3n) is 7.00. The number of hydrogen-bond donors (Lipinski definition) is 2. The van der Waals surface area contributed by atoms with Crippen LogP contribution in [0.15, 0.2) is 18.2 Å². The number of carbonyl (C=O) groups is 2. The van der Waals surface area contributed by atoms with Gasteiger partial charge in [0.2, 0.25) is 5.91 Å². The normalized spacial score (nSPS) is 27.5. The predicted molar refractivity (Wildman–Crippen MR) is 120 cm³/mol. The topological polar surface area (TPSA) is 68.4 Å². The van der Waals surface area contributed by atoms with Crippen molar-refractivity contribution in [2.24, 2.45) is 0 Å². The molecule has 0 radical (unpaired) electrons. The Kier molecular flexibility index (Phi) is 6.06. The minimum absolute atomic E-state index is 0.0973. The standard InChI is InChI=1S/C24H33FN4O2/c1-14-8-9-21(25)20-11-22(27-23(14)20)24(31)26-18-6-5-7-19(10-18)28-12-15(2)29(17(4)30)16(3)13-28/h8-9,11,15-16,18-19,27H,5-7,10,12-13H2,1-4H3,(H,26,31)/t15-,16+,18-,19+/m1/s1. The Balaban J connectivity index is 1.41. The molecule has 1 aliphatic heterocycles. The molecule has 4 atom stereocenters. The van der Waals surface area contributed by atoms with Gasteiger partial charge in [0.25, 0.3) is 5.91 Å². The van der Waals surface area contributed by atoms with Crippen LogP contribution < -0.4 is 5.32 Å². The van der Waals surface area contributed by atoms with Gasteiger partial charge in [0.1, 0.15) is 11.5 Å². The zero-order valence-electron chi connectivity index (χ0n) is 18.9. The number of piperazine rings is 1. The molecule has 0 spiro atoms. The van der Waals surface area contributed by atoms with E-state index in [9.17, 15) is 14.0 Å². The number of H-pyrrole nitrogens is 1. The molecule has 1 saturated carbocycles. The van der Waals surface area contributed by atoms with Crippen LogP contribution in [-0.4, -0.2) is 63.9 Å². The number of aromatic nitrogens is 1. The number of carbonyl (C=O) groups excluding carboxylic acids is 2. The van der Waals surface area contributed by atoms with Gasteiger partial charge in [0.05, 0.1) is 5.52 Å². The first-order valence-electron chi connectivity index (χ1n) is 11.4. The summed E-state index contributed by atoms with van der Waals surface area (Å²) in [5.41, 5.74) is 2.00. The molecular weight excluding hydrogens is 395 g/mol. The van der Waals surface area contributed by atoms with Crippen LogP contribution in [0.25, 0.3) is 10.9 Å². The third-order valence-corrected chi connectivity index (χ3v) is 7.00. The number of amides is 2. The van der Waals surface area contributed by atoms with E-state index in [1.165, 1.54) is 6.07 Å². The quantitative estimate of drug-likeness (QED) is 0.785. The Hall–Kier alpha value is -2.41. The van der Waals surface area contributed by atoms with E-state index < -0.39 is 0 Å². The van der Waals surface area contributed by atoms with Crippen molar-refractivity contribution in [1.82, 2.24) is 20.1 Å². The van der Waals surface area contributed by atoms with E-state index >= 15 is 0 Å². The van der Waals surface area contributed by atoms with E-state index in [2.05, 4.69) is 29.0 Å². The van der Waals surface area contributed by atoms with Gasteiger partial charge in [-0.3, -0.25) is 14.5 Å². The summed E-state index contributed by atoms with van der Waals surface area (Å²) < 4.78 is 14.1. The number of aromatic amines is 1. The molecule has 6 nitrogen and oxygen atoms in total. The lowest BCUT2D eigenvalue weighted by molar-refractivity contribution is -0.137. The number of benzene rings is 1. The molecule has 0 unspecified atom stereocenters. The van der Waals surface area contributed by atoms with Crippen molar-refractivity contribution in [3.63, 3.8) is 0 Å². The molecule has 2 amide bonds. The van der Waals surface area contributed by atoms with Crippen molar-refractivity contribution < 1.29 is 14.0 Å². The van der Waals surface area contributed by atoms with Crippen LogP contribution in [0.5, 0.6) is 0 Å². The van der Waals surface area contributed by atoms with Gasteiger partial charge in [-0.05, 0) is 64.2 Å². The van der Waals surface area contributed by atoms with Crippen LogP contribution in [-0.2, 0) is 4.79 Å². The summed E-state index contributed by atoms with van der Waals surface area (Å²) >= 11 is 0. The summed E-state index contributed by atoms with van der Waals surface area (Å²) in [4.78, 5) is 32.4. The molecular formula is C24H33FN4O2. The summed E-state index contributed by atoms with van der Waals surface area (Å²) in [6, 6.07) is 5.65. The fraction of sp³-hybridized carbons (Fsp3) is 0.583.